The predicted molar refractivity (Wildman–Crippen MR) is 88.2 cm³/mol. The van der Waals surface area contributed by atoms with E-state index in [1.807, 2.05) is 19.1 Å². The molecule has 0 radical (unpaired) electrons. The summed E-state index contributed by atoms with van der Waals surface area (Å²) in [6.45, 7) is 3.78. The Hall–Kier alpha value is -2.82. The highest BCUT2D eigenvalue weighted by Crippen LogP contribution is 2.23. The summed E-state index contributed by atoms with van der Waals surface area (Å²) in [6, 6.07) is 13.9. The molecule has 1 N–H and O–H groups in total. The number of carbonyl (C=O) groups excluding carboxylic acids is 2. The molecule has 5 heteroatoms. The second-order valence-corrected chi connectivity index (χ2v) is 4.85. The van der Waals surface area contributed by atoms with Gasteiger partial charge in [-0.1, -0.05) is 12.1 Å². The summed E-state index contributed by atoms with van der Waals surface area (Å²) in [6.07, 6.45) is 0. The number of benzene rings is 2. The quantitative estimate of drug-likeness (QED) is 0.797. The van der Waals surface area contributed by atoms with Gasteiger partial charge in [0.2, 0.25) is 0 Å². The van der Waals surface area contributed by atoms with Crippen LogP contribution in [0.1, 0.15) is 24.2 Å². The number of anilines is 1. The molecule has 0 bridgehead atoms. The Labute approximate surface area is 135 Å². The Morgan fingerprint density at radius 3 is 2.35 bits per heavy atom. The first-order chi connectivity index (χ1) is 11.1. The van der Waals surface area contributed by atoms with Crippen LogP contribution in [-0.4, -0.2) is 24.9 Å². The number of carbonyl (C=O) groups is 2. The van der Waals surface area contributed by atoms with Crippen LogP contribution in [0, 0.1) is 0 Å². The van der Waals surface area contributed by atoms with E-state index in [9.17, 15) is 9.59 Å². The van der Waals surface area contributed by atoms with Crippen molar-refractivity contribution in [2.24, 2.45) is 0 Å². The average Bonchev–Trinajstić information content (AvgIpc) is 2.55. The zero-order valence-electron chi connectivity index (χ0n) is 13.2. The molecule has 5 nitrogen and oxygen atoms in total. The minimum Gasteiger partial charge on any atom is -0.492 e. The second-order valence-electron chi connectivity index (χ2n) is 4.85. The number of para-hydroxylation sites is 2. The number of ketones is 1. The Bertz CT molecular complexity index is 680. The molecule has 0 saturated heterocycles. The number of amides is 1. The second kappa shape index (κ2) is 7.98. The first-order valence-corrected chi connectivity index (χ1v) is 7.35. The molecule has 0 aromatic heterocycles. The van der Waals surface area contributed by atoms with Gasteiger partial charge in [-0.05, 0) is 50.2 Å². The molecule has 0 aliphatic rings. The molecule has 0 aliphatic heterocycles. The first kappa shape index (κ1) is 16.5. The maximum absolute atomic E-state index is 12.0. The fourth-order valence-electron chi connectivity index (χ4n) is 1.97. The van der Waals surface area contributed by atoms with E-state index in [0.717, 1.165) is 0 Å². The van der Waals surface area contributed by atoms with Crippen molar-refractivity contribution in [3.05, 3.63) is 54.1 Å². The lowest BCUT2D eigenvalue weighted by molar-refractivity contribution is -0.118. The van der Waals surface area contributed by atoms with Crippen molar-refractivity contribution in [1.82, 2.24) is 0 Å². The van der Waals surface area contributed by atoms with E-state index in [1.54, 1.807) is 36.4 Å². The Morgan fingerprint density at radius 2 is 1.70 bits per heavy atom. The van der Waals surface area contributed by atoms with Gasteiger partial charge in [-0.25, -0.2) is 0 Å². The third-order valence-corrected chi connectivity index (χ3v) is 3.09. The number of rotatable bonds is 7. The maximum atomic E-state index is 12.0. The highest BCUT2D eigenvalue weighted by molar-refractivity contribution is 5.94. The lowest BCUT2D eigenvalue weighted by Crippen LogP contribution is -2.20. The molecule has 0 aliphatic carbocycles. The zero-order chi connectivity index (χ0) is 16.7. The fraction of sp³-hybridized carbons (Fsp3) is 0.222. The highest BCUT2D eigenvalue weighted by Gasteiger charge is 2.08. The van der Waals surface area contributed by atoms with Gasteiger partial charge in [-0.3, -0.25) is 9.59 Å². The summed E-state index contributed by atoms with van der Waals surface area (Å²) in [5.74, 6) is 0.854. The molecule has 2 rings (SSSR count). The summed E-state index contributed by atoms with van der Waals surface area (Å²) >= 11 is 0. The van der Waals surface area contributed by atoms with Gasteiger partial charge in [0.05, 0.1) is 12.3 Å². The lowest BCUT2D eigenvalue weighted by atomic mass is 10.1. The van der Waals surface area contributed by atoms with E-state index in [4.69, 9.17) is 9.47 Å². The minimum absolute atomic E-state index is 0.0122. The van der Waals surface area contributed by atoms with Crippen LogP contribution < -0.4 is 14.8 Å². The normalized spacial score (nSPS) is 10.0. The summed E-state index contributed by atoms with van der Waals surface area (Å²) in [4.78, 5) is 23.2. The van der Waals surface area contributed by atoms with E-state index in [0.29, 0.717) is 29.4 Å². The van der Waals surface area contributed by atoms with Crippen molar-refractivity contribution in [3.8, 4) is 11.5 Å². The van der Waals surface area contributed by atoms with Gasteiger partial charge in [0.25, 0.3) is 5.91 Å². The van der Waals surface area contributed by atoms with Crippen molar-refractivity contribution < 1.29 is 19.1 Å². The molecule has 1 amide bonds. The lowest BCUT2D eigenvalue weighted by Gasteiger charge is -2.11. The van der Waals surface area contributed by atoms with E-state index >= 15 is 0 Å². The molecule has 23 heavy (non-hydrogen) atoms. The summed E-state index contributed by atoms with van der Waals surface area (Å²) < 4.78 is 10.9. The van der Waals surface area contributed by atoms with Crippen LogP contribution in [0.2, 0.25) is 0 Å². The number of hydrogen-bond donors (Lipinski definition) is 1. The molecular formula is C18H19NO4. The Kier molecular flexibility index (Phi) is 5.74. The standard InChI is InChI=1S/C18H19NO4/c1-3-22-17-7-5-4-6-16(17)19-18(21)12-23-15-10-8-14(9-11-15)13(2)20/h4-11H,3,12H2,1-2H3,(H,19,21). The summed E-state index contributed by atoms with van der Waals surface area (Å²) in [7, 11) is 0. The highest BCUT2D eigenvalue weighted by atomic mass is 16.5. The third kappa shape index (κ3) is 4.85. The number of Topliss-reactive ketones (excluding diaryl/α,β-unsaturated/α-hetero) is 1. The van der Waals surface area contributed by atoms with Crippen LogP contribution in [0.3, 0.4) is 0 Å². The topological polar surface area (TPSA) is 64.6 Å². The van der Waals surface area contributed by atoms with Crippen LogP contribution >= 0.6 is 0 Å². The van der Waals surface area contributed by atoms with E-state index in [1.165, 1.54) is 6.92 Å². The fourth-order valence-corrected chi connectivity index (χ4v) is 1.97. The van der Waals surface area contributed by atoms with Crippen LogP contribution in [-0.2, 0) is 4.79 Å². The monoisotopic (exact) mass is 313 g/mol. The molecule has 0 saturated carbocycles. The van der Waals surface area contributed by atoms with Crippen LogP contribution in [0.15, 0.2) is 48.5 Å². The van der Waals surface area contributed by atoms with Crippen molar-refractivity contribution in [3.63, 3.8) is 0 Å². The van der Waals surface area contributed by atoms with Gasteiger partial charge in [-0.15, -0.1) is 0 Å². The summed E-state index contributed by atoms with van der Waals surface area (Å²) in [5.41, 5.74) is 1.21. The SMILES string of the molecule is CCOc1ccccc1NC(=O)COc1ccc(C(C)=O)cc1. The molecule has 0 heterocycles. The van der Waals surface area contributed by atoms with Gasteiger partial charge >= 0.3 is 0 Å². The molecule has 2 aromatic rings. The number of nitrogens with one attached hydrogen (secondary N) is 1. The Balaban J connectivity index is 1.91. The Morgan fingerprint density at radius 1 is 1.00 bits per heavy atom. The van der Waals surface area contributed by atoms with Gasteiger partial charge in [-0.2, -0.15) is 0 Å². The number of hydrogen-bond acceptors (Lipinski definition) is 4. The van der Waals surface area contributed by atoms with Gasteiger partial charge < -0.3 is 14.8 Å². The van der Waals surface area contributed by atoms with Crippen molar-refractivity contribution in [1.29, 1.82) is 0 Å². The van der Waals surface area contributed by atoms with Crippen molar-refractivity contribution in [2.75, 3.05) is 18.5 Å². The molecule has 0 fully saturated rings. The molecule has 0 unspecified atom stereocenters. The summed E-state index contributed by atoms with van der Waals surface area (Å²) in [5, 5.41) is 2.75. The maximum Gasteiger partial charge on any atom is 0.262 e. The molecule has 120 valence electrons. The van der Waals surface area contributed by atoms with Gasteiger partial charge in [0.1, 0.15) is 11.5 Å². The average molecular weight is 313 g/mol. The van der Waals surface area contributed by atoms with E-state index in [2.05, 4.69) is 5.32 Å². The van der Waals surface area contributed by atoms with Crippen molar-refractivity contribution >= 4 is 17.4 Å². The smallest absolute Gasteiger partial charge is 0.262 e. The van der Waals surface area contributed by atoms with Gasteiger partial charge in [0.15, 0.2) is 12.4 Å². The first-order valence-electron chi connectivity index (χ1n) is 7.35. The molecule has 2 aromatic carbocycles. The largest absolute Gasteiger partial charge is 0.492 e. The number of ether oxygens (including phenoxy) is 2. The minimum atomic E-state index is -0.284. The molecular weight excluding hydrogens is 294 g/mol. The third-order valence-electron chi connectivity index (χ3n) is 3.09. The van der Waals surface area contributed by atoms with E-state index in [-0.39, 0.29) is 18.3 Å². The molecule has 0 spiro atoms. The van der Waals surface area contributed by atoms with Crippen LogP contribution in [0.25, 0.3) is 0 Å². The molecule has 0 atom stereocenters. The van der Waals surface area contributed by atoms with Crippen molar-refractivity contribution in [2.45, 2.75) is 13.8 Å². The van der Waals surface area contributed by atoms with Gasteiger partial charge in [0, 0.05) is 5.56 Å². The van der Waals surface area contributed by atoms with E-state index < -0.39 is 0 Å². The van der Waals surface area contributed by atoms with Crippen LogP contribution in [0.4, 0.5) is 5.69 Å². The zero-order valence-corrected chi connectivity index (χ0v) is 13.2. The predicted octanol–water partition coefficient (Wildman–Crippen LogP) is 3.31. The van der Waals surface area contributed by atoms with Crippen LogP contribution in [0.5, 0.6) is 11.5 Å².